The van der Waals surface area contributed by atoms with E-state index in [-0.39, 0.29) is 23.7 Å². The zero-order chi connectivity index (χ0) is 27.2. The van der Waals surface area contributed by atoms with E-state index in [9.17, 15) is 9.59 Å². The molecule has 2 N–H and O–H groups in total. The lowest BCUT2D eigenvalue weighted by Gasteiger charge is -2.40. The first-order valence-electron chi connectivity index (χ1n) is 14.8. The van der Waals surface area contributed by atoms with Crippen LogP contribution in [0.4, 0.5) is 0 Å². The minimum Gasteiger partial charge on any atom is -0.348 e. The summed E-state index contributed by atoms with van der Waals surface area (Å²) >= 11 is 0. The summed E-state index contributed by atoms with van der Waals surface area (Å²) in [5.41, 5.74) is 0.266. The Morgan fingerprint density at radius 1 is 0.923 bits per heavy atom. The van der Waals surface area contributed by atoms with E-state index in [1.807, 2.05) is 22.2 Å². The zero-order valence-electron chi connectivity index (χ0n) is 23.8. The summed E-state index contributed by atoms with van der Waals surface area (Å²) in [5, 5.41) is 0. The molecule has 3 aliphatic rings. The lowest BCUT2D eigenvalue weighted by molar-refractivity contribution is -0.141. The molecule has 0 aromatic carbocycles. The molecule has 214 valence electrons. The van der Waals surface area contributed by atoms with Gasteiger partial charge in [0.25, 0.3) is 0 Å². The fourth-order valence-corrected chi connectivity index (χ4v) is 6.74. The number of aromatic nitrogens is 4. The van der Waals surface area contributed by atoms with E-state index in [1.54, 1.807) is 12.4 Å². The van der Waals surface area contributed by atoms with Crippen molar-refractivity contribution < 1.29 is 9.59 Å². The molecule has 10 nitrogen and oxygen atoms in total. The van der Waals surface area contributed by atoms with Crippen LogP contribution in [-0.4, -0.2) is 104 Å². The molecule has 0 atom stereocenters. The normalized spacial score (nSPS) is 20.5. The molecule has 2 aromatic rings. The van der Waals surface area contributed by atoms with E-state index < -0.39 is 0 Å². The Morgan fingerprint density at radius 2 is 1.51 bits per heavy atom. The van der Waals surface area contributed by atoms with E-state index in [2.05, 4.69) is 43.6 Å². The molecule has 2 aromatic heterocycles. The summed E-state index contributed by atoms with van der Waals surface area (Å²) < 4.78 is 0. The average molecular weight is 539 g/mol. The van der Waals surface area contributed by atoms with Gasteiger partial charge in [-0.25, -0.2) is 9.97 Å². The fourth-order valence-electron chi connectivity index (χ4n) is 6.74. The maximum atomic E-state index is 13.1. The smallest absolute Gasteiger partial charge is 0.232 e. The Balaban J connectivity index is 1.05. The van der Waals surface area contributed by atoms with Crippen molar-refractivity contribution in [3.63, 3.8) is 0 Å². The van der Waals surface area contributed by atoms with Crippen molar-refractivity contribution in [3.8, 4) is 0 Å². The summed E-state index contributed by atoms with van der Waals surface area (Å²) in [6.07, 6.45) is 12.6. The second-order valence-corrected chi connectivity index (χ2v) is 12.5. The second-order valence-electron chi connectivity index (χ2n) is 12.5. The first-order valence-corrected chi connectivity index (χ1v) is 14.8. The van der Waals surface area contributed by atoms with Gasteiger partial charge in [-0.3, -0.25) is 14.5 Å². The predicted octanol–water partition coefficient (Wildman–Crippen LogP) is 2.73. The molecular formula is C29H46N8O2. The van der Waals surface area contributed by atoms with Gasteiger partial charge >= 0.3 is 0 Å². The maximum Gasteiger partial charge on any atom is 0.232 e. The summed E-state index contributed by atoms with van der Waals surface area (Å²) in [6, 6.07) is 0. The van der Waals surface area contributed by atoms with Crippen LogP contribution in [0.2, 0.25) is 0 Å². The van der Waals surface area contributed by atoms with Gasteiger partial charge in [0.15, 0.2) is 0 Å². The van der Waals surface area contributed by atoms with Gasteiger partial charge in [-0.05, 0) is 62.4 Å². The van der Waals surface area contributed by atoms with E-state index in [1.165, 1.54) is 12.8 Å². The molecule has 10 heteroatoms. The van der Waals surface area contributed by atoms with Crippen molar-refractivity contribution >= 4 is 11.8 Å². The van der Waals surface area contributed by atoms with Gasteiger partial charge in [0.05, 0.1) is 13.1 Å². The van der Waals surface area contributed by atoms with Gasteiger partial charge in [0, 0.05) is 64.1 Å². The average Bonchev–Trinajstić information content (AvgIpc) is 3.69. The quantitative estimate of drug-likeness (QED) is 0.451. The largest absolute Gasteiger partial charge is 0.348 e. The molecule has 1 spiro atoms. The van der Waals surface area contributed by atoms with Gasteiger partial charge in [0.2, 0.25) is 11.8 Å². The van der Waals surface area contributed by atoms with Crippen molar-refractivity contribution in [2.75, 3.05) is 52.4 Å². The molecule has 0 saturated carbocycles. The third-order valence-corrected chi connectivity index (χ3v) is 8.97. The number of likely N-dealkylation sites (tertiary alicyclic amines) is 3. The molecule has 39 heavy (non-hydrogen) atoms. The molecule has 2 amide bonds. The number of amides is 2. The van der Waals surface area contributed by atoms with Crippen LogP contribution < -0.4 is 0 Å². The maximum absolute atomic E-state index is 13.1. The molecule has 5 heterocycles. The Hall–Kier alpha value is -2.72. The Morgan fingerprint density at radius 3 is 2.08 bits per heavy atom. The van der Waals surface area contributed by atoms with Crippen molar-refractivity contribution in [3.05, 3.63) is 36.4 Å². The number of aromatic amines is 2. The van der Waals surface area contributed by atoms with Crippen LogP contribution in [0.1, 0.15) is 64.0 Å². The number of H-pyrrole nitrogens is 2. The number of hydrogen-bond donors (Lipinski definition) is 2. The molecule has 5 rings (SSSR count). The van der Waals surface area contributed by atoms with Gasteiger partial charge in [0.1, 0.15) is 18.1 Å². The Labute approximate surface area is 232 Å². The number of nitrogens with zero attached hydrogens (tertiary/aromatic N) is 6. The van der Waals surface area contributed by atoms with E-state index >= 15 is 0 Å². The summed E-state index contributed by atoms with van der Waals surface area (Å²) in [5.74, 6) is 3.09. The fraction of sp³-hybridized carbons (Fsp3) is 0.724. The lowest BCUT2D eigenvalue weighted by Crippen LogP contribution is -2.45. The molecule has 0 unspecified atom stereocenters. The Kier molecular flexibility index (Phi) is 9.02. The molecule has 3 fully saturated rings. The Bertz CT molecular complexity index is 1000. The van der Waals surface area contributed by atoms with Crippen LogP contribution in [0, 0.1) is 17.3 Å². The summed E-state index contributed by atoms with van der Waals surface area (Å²) in [4.78, 5) is 50.2. The van der Waals surface area contributed by atoms with E-state index in [0.717, 1.165) is 96.4 Å². The number of hydrogen-bond acceptors (Lipinski definition) is 6. The summed E-state index contributed by atoms with van der Waals surface area (Å²) in [6.45, 7) is 13.5. The first-order chi connectivity index (χ1) is 18.9. The SMILES string of the molecule is CC(C)CN1CCC2(CC1)CCN(C(=O)CC(=O)N1CCC(CN(Cc3ncc[nH]3)Cc3ncc[nH]3)CC1)C2. The molecule has 3 saturated heterocycles. The monoisotopic (exact) mass is 538 g/mol. The van der Waals surface area contributed by atoms with Gasteiger partial charge in [-0.1, -0.05) is 13.8 Å². The second kappa shape index (κ2) is 12.6. The standard InChI is InChI=1S/C29H46N8O2/c1-23(2)18-34-14-5-29(6-15-34)7-16-37(22-29)28(39)17-27(38)36-12-3-24(4-13-36)19-35(20-25-30-8-9-31-25)21-26-32-10-11-33-26/h8-11,23-24H,3-7,12-22H2,1-2H3,(H,30,31)(H,32,33). The molecule has 0 aliphatic carbocycles. The topological polar surface area (TPSA) is 104 Å². The molecule has 3 aliphatic heterocycles. The lowest BCUT2D eigenvalue weighted by atomic mass is 9.77. The van der Waals surface area contributed by atoms with Crippen LogP contribution in [0.3, 0.4) is 0 Å². The highest BCUT2D eigenvalue weighted by Gasteiger charge is 2.42. The van der Waals surface area contributed by atoms with Crippen LogP contribution in [0.5, 0.6) is 0 Å². The zero-order valence-corrected chi connectivity index (χ0v) is 23.8. The number of carbonyl (C=O) groups excluding carboxylic acids is 2. The van der Waals surface area contributed by atoms with Crippen LogP contribution in [0.15, 0.2) is 24.8 Å². The third kappa shape index (κ3) is 7.48. The number of carbonyl (C=O) groups is 2. The predicted molar refractivity (Wildman–Crippen MR) is 149 cm³/mol. The number of rotatable bonds is 10. The summed E-state index contributed by atoms with van der Waals surface area (Å²) in [7, 11) is 0. The van der Waals surface area contributed by atoms with Crippen molar-refractivity contribution in [1.82, 2.24) is 39.5 Å². The highest BCUT2D eigenvalue weighted by Crippen LogP contribution is 2.40. The number of piperidine rings is 2. The van der Waals surface area contributed by atoms with Gasteiger partial charge < -0.3 is 24.7 Å². The molecular weight excluding hydrogens is 492 g/mol. The van der Waals surface area contributed by atoms with Crippen LogP contribution in [0.25, 0.3) is 0 Å². The van der Waals surface area contributed by atoms with Gasteiger partial charge in [-0.2, -0.15) is 0 Å². The van der Waals surface area contributed by atoms with Crippen LogP contribution in [-0.2, 0) is 22.7 Å². The number of nitrogens with one attached hydrogen (secondary N) is 2. The minimum absolute atomic E-state index is 0.00539. The third-order valence-electron chi connectivity index (χ3n) is 8.97. The highest BCUT2D eigenvalue weighted by molar-refractivity contribution is 5.97. The van der Waals surface area contributed by atoms with Crippen LogP contribution >= 0.6 is 0 Å². The highest BCUT2D eigenvalue weighted by atomic mass is 16.2. The molecule has 0 bridgehead atoms. The van der Waals surface area contributed by atoms with Crippen molar-refractivity contribution in [2.45, 2.75) is 65.5 Å². The van der Waals surface area contributed by atoms with E-state index in [4.69, 9.17) is 0 Å². The first kappa shape index (κ1) is 27.8. The number of imidazole rings is 2. The van der Waals surface area contributed by atoms with E-state index in [0.29, 0.717) is 11.8 Å². The minimum atomic E-state index is -0.00539. The molecule has 0 radical (unpaired) electrons. The van der Waals surface area contributed by atoms with Crippen molar-refractivity contribution in [1.29, 1.82) is 0 Å². The van der Waals surface area contributed by atoms with Crippen molar-refractivity contribution in [2.24, 2.45) is 17.3 Å². The van der Waals surface area contributed by atoms with Gasteiger partial charge in [-0.15, -0.1) is 0 Å².